The Morgan fingerprint density at radius 1 is 1.27 bits per heavy atom. The summed E-state index contributed by atoms with van der Waals surface area (Å²) in [4.78, 5) is 0. The zero-order valence-electron chi connectivity index (χ0n) is 9.67. The van der Waals surface area contributed by atoms with Gasteiger partial charge in [0.15, 0.2) is 0 Å². The molecule has 1 rings (SSSR count). The maximum absolute atomic E-state index is 5.26. The molecule has 0 bridgehead atoms. The minimum atomic E-state index is 0.586. The molecular formula is C12H19NO2. The summed E-state index contributed by atoms with van der Waals surface area (Å²) in [5.41, 5.74) is 2.35. The number of hydrogen-bond acceptors (Lipinski definition) is 3. The first-order valence-electron chi connectivity index (χ1n) is 5.17. The molecule has 0 amide bonds. The fourth-order valence-electron chi connectivity index (χ4n) is 1.48. The van der Waals surface area contributed by atoms with Gasteiger partial charge in [-0.05, 0) is 24.2 Å². The summed E-state index contributed by atoms with van der Waals surface area (Å²) in [6, 6.07) is 6.17. The van der Waals surface area contributed by atoms with Gasteiger partial charge in [-0.2, -0.15) is 0 Å². The second kappa shape index (κ2) is 6.43. The summed E-state index contributed by atoms with van der Waals surface area (Å²) in [5, 5.41) is 3.29. The van der Waals surface area contributed by atoms with E-state index < -0.39 is 0 Å². The van der Waals surface area contributed by atoms with Gasteiger partial charge < -0.3 is 14.8 Å². The molecule has 15 heavy (non-hydrogen) atoms. The van der Waals surface area contributed by atoms with Crippen LogP contribution in [0.1, 0.15) is 18.1 Å². The fraction of sp³-hybridized carbons (Fsp3) is 0.500. The zero-order chi connectivity index (χ0) is 11.1. The van der Waals surface area contributed by atoms with E-state index in [1.54, 1.807) is 14.2 Å². The highest BCUT2D eigenvalue weighted by molar-refractivity contribution is 5.36. The number of ether oxygens (including phenoxy) is 2. The molecule has 0 saturated heterocycles. The largest absolute Gasteiger partial charge is 0.496 e. The summed E-state index contributed by atoms with van der Waals surface area (Å²) in [5.74, 6) is 0.886. The molecule has 84 valence electrons. The van der Waals surface area contributed by atoms with Gasteiger partial charge in [0.1, 0.15) is 5.75 Å². The molecule has 0 unspecified atom stereocenters. The smallest absolute Gasteiger partial charge is 0.124 e. The van der Waals surface area contributed by atoms with Gasteiger partial charge in [-0.25, -0.2) is 0 Å². The van der Waals surface area contributed by atoms with Gasteiger partial charge >= 0.3 is 0 Å². The second-order valence-corrected chi connectivity index (χ2v) is 3.36. The van der Waals surface area contributed by atoms with Crippen LogP contribution in [-0.2, 0) is 17.9 Å². The van der Waals surface area contributed by atoms with Crippen LogP contribution in [0.5, 0.6) is 5.75 Å². The molecule has 0 fully saturated rings. The molecule has 0 aliphatic heterocycles. The molecule has 0 atom stereocenters. The van der Waals surface area contributed by atoms with Crippen molar-refractivity contribution in [3.05, 3.63) is 29.3 Å². The molecule has 3 heteroatoms. The van der Waals surface area contributed by atoms with Gasteiger partial charge in [0.05, 0.1) is 13.7 Å². The van der Waals surface area contributed by atoms with Crippen LogP contribution in [0.25, 0.3) is 0 Å². The molecule has 0 aliphatic rings. The van der Waals surface area contributed by atoms with E-state index >= 15 is 0 Å². The van der Waals surface area contributed by atoms with Crippen molar-refractivity contribution in [1.82, 2.24) is 5.32 Å². The van der Waals surface area contributed by atoms with Gasteiger partial charge in [0.25, 0.3) is 0 Å². The highest BCUT2D eigenvalue weighted by Crippen LogP contribution is 2.20. The van der Waals surface area contributed by atoms with E-state index in [-0.39, 0.29) is 0 Å². The molecule has 0 heterocycles. The average Bonchev–Trinajstić information content (AvgIpc) is 2.27. The maximum atomic E-state index is 5.26. The molecule has 3 nitrogen and oxygen atoms in total. The molecule has 0 saturated carbocycles. The lowest BCUT2D eigenvalue weighted by Gasteiger charge is -2.10. The van der Waals surface area contributed by atoms with Crippen LogP contribution in [0.15, 0.2) is 18.2 Å². The Labute approximate surface area is 91.4 Å². The van der Waals surface area contributed by atoms with Crippen LogP contribution in [0.3, 0.4) is 0 Å². The van der Waals surface area contributed by atoms with Gasteiger partial charge in [-0.3, -0.25) is 0 Å². The number of benzene rings is 1. The quantitative estimate of drug-likeness (QED) is 0.776. The van der Waals surface area contributed by atoms with Crippen molar-refractivity contribution in [2.75, 3.05) is 20.8 Å². The Balaban J connectivity index is 2.79. The lowest BCUT2D eigenvalue weighted by molar-refractivity contribution is 0.181. The first-order valence-corrected chi connectivity index (χ1v) is 5.17. The highest BCUT2D eigenvalue weighted by atomic mass is 16.5. The first-order chi connectivity index (χ1) is 7.31. The lowest BCUT2D eigenvalue weighted by Crippen LogP contribution is -2.12. The third-order valence-electron chi connectivity index (χ3n) is 2.22. The number of nitrogens with one attached hydrogen (secondary N) is 1. The van der Waals surface area contributed by atoms with Gasteiger partial charge in [-0.1, -0.05) is 13.0 Å². The van der Waals surface area contributed by atoms with E-state index in [0.717, 1.165) is 24.4 Å². The second-order valence-electron chi connectivity index (χ2n) is 3.36. The Morgan fingerprint density at radius 2 is 2.07 bits per heavy atom. The van der Waals surface area contributed by atoms with E-state index in [1.165, 1.54) is 5.56 Å². The Bertz CT molecular complexity index is 300. The number of methoxy groups -OCH3 is 2. The van der Waals surface area contributed by atoms with Crippen molar-refractivity contribution in [1.29, 1.82) is 0 Å². The van der Waals surface area contributed by atoms with Crippen molar-refractivity contribution in [2.24, 2.45) is 0 Å². The third kappa shape index (κ3) is 3.53. The molecule has 0 aromatic heterocycles. The van der Waals surface area contributed by atoms with Crippen LogP contribution in [-0.4, -0.2) is 20.8 Å². The molecule has 1 aromatic carbocycles. The number of hydrogen-bond donors (Lipinski definition) is 1. The van der Waals surface area contributed by atoms with Crippen LogP contribution in [0, 0.1) is 0 Å². The Morgan fingerprint density at radius 3 is 2.67 bits per heavy atom. The summed E-state index contributed by atoms with van der Waals surface area (Å²) in [6.45, 7) is 4.55. The van der Waals surface area contributed by atoms with Gasteiger partial charge in [0, 0.05) is 19.2 Å². The zero-order valence-corrected chi connectivity index (χ0v) is 9.67. The van der Waals surface area contributed by atoms with E-state index in [1.807, 2.05) is 6.07 Å². The molecule has 1 N–H and O–H groups in total. The average molecular weight is 209 g/mol. The van der Waals surface area contributed by atoms with Gasteiger partial charge in [-0.15, -0.1) is 0 Å². The van der Waals surface area contributed by atoms with Crippen molar-refractivity contribution >= 4 is 0 Å². The monoisotopic (exact) mass is 209 g/mol. The molecule has 0 spiro atoms. The Hall–Kier alpha value is -1.06. The Kier molecular flexibility index (Phi) is 5.15. The van der Waals surface area contributed by atoms with Crippen molar-refractivity contribution < 1.29 is 9.47 Å². The van der Waals surface area contributed by atoms with Crippen LogP contribution in [0.4, 0.5) is 0 Å². The standard InChI is InChI=1S/C12H19NO2/c1-4-13-8-10-5-6-12(15-3)11(7-10)9-14-2/h5-7,13H,4,8-9H2,1-3H3. The molecule has 0 radical (unpaired) electrons. The minimum absolute atomic E-state index is 0.586. The summed E-state index contributed by atoms with van der Waals surface area (Å²) in [6.07, 6.45) is 0. The van der Waals surface area contributed by atoms with E-state index in [9.17, 15) is 0 Å². The van der Waals surface area contributed by atoms with Crippen molar-refractivity contribution in [3.8, 4) is 5.75 Å². The molecule has 0 aliphatic carbocycles. The predicted octanol–water partition coefficient (Wildman–Crippen LogP) is 1.95. The van der Waals surface area contributed by atoms with E-state index in [0.29, 0.717) is 6.61 Å². The summed E-state index contributed by atoms with van der Waals surface area (Å²) in [7, 11) is 3.37. The predicted molar refractivity (Wildman–Crippen MR) is 61.1 cm³/mol. The first kappa shape index (κ1) is 12.0. The molecule has 1 aromatic rings. The van der Waals surface area contributed by atoms with Crippen LogP contribution >= 0.6 is 0 Å². The lowest BCUT2D eigenvalue weighted by atomic mass is 10.1. The minimum Gasteiger partial charge on any atom is -0.496 e. The number of rotatable bonds is 6. The summed E-state index contributed by atoms with van der Waals surface area (Å²) >= 11 is 0. The molecular weight excluding hydrogens is 190 g/mol. The topological polar surface area (TPSA) is 30.5 Å². The third-order valence-corrected chi connectivity index (χ3v) is 2.22. The van der Waals surface area contributed by atoms with Crippen LogP contribution < -0.4 is 10.1 Å². The van der Waals surface area contributed by atoms with Crippen molar-refractivity contribution in [3.63, 3.8) is 0 Å². The van der Waals surface area contributed by atoms with E-state index in [2.05, 4.69) is 24.4 Å². The van der Waals surface area contributed by atoms with Crippen LogP contribution in [0.2, 0.25) is 0 Å². The summed E-state index contributed by atoms with van der Waals surface area (Å²) < 4.78 is 10.4. The fourth-order valence-corrected chi connectivity index (χ4v) is 1.48. The van der Waals surface area contributed by atoms with Crippen molar-refractivity contribution in [2.45, 2.75) is 20.1 Å². The highest BCUT2D eigenvalue weighted by Gasteiger charge is 2.03. The normalized spacial score (nSPS) is 10.3. The maximum Gasteiger partial charge on any atom is 0.124 e. The SMILES string of the molecule is CCNCc1ccc(OC)c(COC)c1. The van der Waals surface area contributed by atoms with E-state index in [4.69, 9.17) is 9.47 Å². The van der Waals surface area contributed by atoms with Gasteiger partial charge in [0.2, 0.25) is 0 Å².